The highest BCUT2D eigenvalue weighted by Gasteiger charge is 2.30. The third-order valence-electron chi connectivity index (χ3n) is 6.39. The molecule has 4 nitrogen and oxygen atoms in total. The van der Waals surface area contributed by atoms with Crippen LogP contribution in [0.4, 0.5) is 5.69 Å². The Bertz CT molecular complexity index is 1020. The largest absolute Gasteiger partial charge is 0.325 e. The number of amides is 1. The number of hydrogen-bond donors (Lipinski definition) is 1. The molecule has 5 heteroatoms. The first-order valence-electron chi connectivity index (χ1n) is 11.1. The van der Waals surface area contributed by atoms with Gasteiger partial charge in [0.05, 0.1) is 10.8 Å². The number of aromatic nitrogens is 1. The smallest absolute Gasteiger partial charge is 0.237 e. The van der Waals surface area contributed by atoms with Crippen LogP contribution < -0.4 is 5.32 Å². The molecule has 1 aliphatic carbocycles. The van der Waals surface area contributed by atoms with E-state index in [0.717, 1.165) is 36.2 Å². The number of rotatable bonds is 5. The zero-order valence-corrected chi connectivity index (χ0v) is 20.3. The van der Waals surface area contributed by atoms with E-state index in [0.29, 0.717) is 22.9 Å². The Labute approximate surface area is 190 Å². The van der Waals surface area contributed by atoms with Crippen LogP contribution in [0.1, 0.15) is 68.5 Å². The van der Waals surface area contributed by atoms with E-state index in [1.165, 1.54) is 22.9 Å². The zero-order valence-electron chi connectivity index (χ0n) is 19.5. The Morgan fingerprint density at radius 1 is 1.29 bits per heavy atom. The number of fused-ring (bicyclic) bond motifs is 1. The number of benzene rings is 1. The van der Waals surface area contributed by atoms with Gasteiger partial charge in [0.1, 0.15) is 11.1 Å². The number of nitrogens with one attached hydrogen (secondary N) is 1. The van der Waals surface area contributed by atoms with Crippen molar-refractivity contribution >= 4 is 23.4 Å². The van der Waals surface area contributed by atoms with Crippen molar-refractivity contribution in [3.05, 3.63) is 52.2 Å². The molecule has 1 aromatic heterocycles. The van der Waals surface area contributed by atoms with Crippen molar-refractivity contribution in [3.63, 3.8) is 0 Å². The van der Waals surface area contributed by atoms with E-state index in [1.807, 2.05) is 38.1 Å². The van der Waals surface area contributed by atoms with Crippen LogP contribution in [0.2, 0.25) is 0 Å². The minimum atomic E-state index is -0.301. The van der Waals surface area contributed by atoms with E-state index < -0.39 is 0 Å². The van der Waals surface area contributed by atoms with Crippen LogP contribution in [-0.4, -0.2) is 16.1 Å². The number of aryl methyl sites for hydroxylation is 3. The fourth-order valence-corrected chi connectivity index (χ4v) is 5.05. The number of pyridine rings is 1. The first-order valence-corrected chi connectivity index (χ1v) is 12.0. The predicted octanol–water partition coefficient (Wildman–Crippen LogP) is 6.23. The molecule has 0 bridgehead atoms. The van der Waals surface area contributed by atoms with Gasteiger partial charge in [0.2, 0.25) is 5.91 Å². The van der Waals surface area contributed by atoms with E-state index in [4.69, 9.17) is 4.98 Å². The molecule has 2 aromatic rings. The van der Waals surface area contributed by atoms with Crippen molar-refractivity contribution in [3.8, 4) is 6.07 Å². The lowest BCUT2D eigenvalue weighted by atomic mass is 9.71. The first kappa shape index (κ1) is 23.3. The minimum absolute atomic E-state index is 0.0491. The van der Waals surface area contributed by atoms with Crippen LogP contribution in [0, 0.1) is 36.5 Å². The van der Waals surface area contributed by atoms with Gasteiger partial charge >= 0.3 is 0 Å². The highest BCUT2D eigenvalue weighted by atomic mass is 32.2. The summed E-state index contributed by atoms with van der Waals surface area (Å²) in [7, 11) is 0. The monoisotopic (exact) mass is 435 g/mol. The maximum Gasteiger partial charge on any atom is 0.237 e. The molecule has 1 aliphatic rings. The Morgan fingerprint density at radius 3 is 2.65 bits per heavy atom. The fraction of sp³-hybridized carbons (Fsp3) is 0.500. The Hall–Kier alpha value is -2.32. The molecule has 31 heavy (non-hydrogen) atoms. The van der Waals surface area contributed by atoms with Gasteiger partial charge in [-0.25, -0.2) is 4.98 Å². The molecule has 3 rings (SSSR count). The molecule has 0 saturated heterocycles. The van der Waals surface area contributed by atoms with Crippen molar-refractivity contribution in [2.45, 2.75) is 77.5 Å². The molecule has 164 valence electrons. The fourth-order valence-electron chi connectivity index (χ4n) is 4.05. The third kappa shape index (κ3) is 5.49. The molecular weight excluding hydrogens is 402 g/mol. The van der Waals surface area contributed by atoms with Crippen LogP contribution in [0.25, 0.3) is 0 Å². The van der Waals surface area contributed by atoms with Crippen LogP contribution >= 0.6 is 11.8 Å². The van der Waals surface area contributed by atoms with E-state index in [-0.39, 0.29) is 16.6 Å². The lowest BCUT2D eigenvalue weighted by Crippen LogP contribution is -2.28. The summed E-state index contributed by atoms with van der Waals surface area (Å²) >= 11 is 1.41. The van der Waals surface area contributed by atoms with E-state index >= 15 is 0 Å². The number of thioether (sulfide) groups is 1. The molecule has 0 aliphatic heterocycles. The van der Waals surface area contributed by atoms with Crippen molar-refractivity contribution in [1.82, 2.24) is 4.98 Å². The van der Waals surface area contributed by atoms with Crippen LogP contribution in [0.15, 0.2) is 29.3 Å². The normalized spacial score (nSPS) is 16.9. The lowest BCUT2D eigenvalue weighted by Gasteiger charge is -2.34. The van der Waals surface area contributed by atoms with Gasteiger partial charge in [0, 0.05) is 11.4 Å². The maximum absolute atomic E-state index is 12.9. The Morgan fingerprint density at radius 2 is 2.03 bits per heavy atom. The standard InChI is InChI=1S/C26H33N3OS/c1-7-23(24(30)28-21-10-8-16(2)17(3)12-21)31-25-19(15-27)13-18-14-20(26(4,5)6)9-11-22(18)29-25/h8,10,12-13,20,23H,7,9,11,14H2,1-6H3,(H,28,30). The van der Waals surface area contributed by atoms with Gasteiger partial charge in [-0.2, -0.15) is 5.26 Å². The Balaban J connectivity index is 1.79. The summed E-state index contributed by atoms with van der Waals surface area (Å²) in [6, 6.07) is 10.3. The molecule has 2 atom stereocenters. The summed E-state index contributed by atoms with van der Waals surface area (Å²) in [5.41, 5.74) is 6.26. The van der Waals surface area contributed by atoms with Crippen LogP contribution in [0.5, 0.6) is 0 Å². The summed E-state index contributed by atoms with van der Waals surface area (Å²) in [5.74, 6) is 0.547. The van der Waals surface area contributed by atoms with E-state index in [2.05, 4.69) is 39.1 Å². The van der Waals surface area contributed by atoms with Crippen LogP contribution in [0.3, 0.4) is 0 Å². The van der Waals surface area contributed by atoms with E-state index in [1.54, 1.807) is 0 Å². The van der Waals surface area contributed by atoms with Gasteiger partial charge in [-0.05, 0) is 85.8 Å². The third-order valence-corrected chi connectivity index (χ3v) is 7.76. The number of carbonyl (C=O) groups excluding carboxylic acids is 1. The second-order valence-electron chi connectivity index (χ2n) is 9.67. The van der Waals surface area contributed by atoms with Gasteiger partial charge < -0.3 is 5.32 Å². The van der Waals surface area contributed by atoms with Crippen molar-refractivity contribution in [2.75, 3.05) is 5.32 Å². The first-order chi connectivity index (χ1) is 14.6. The SMILES string of the molecule is CCC(Sc1nc2c(cc1C#N)CC(C(C)(C)C)CC2)C(=O)Nc1ccc(C)c(C)c1. The molecular formula is C26H33N3OS. The molecule has 1 amide bonds. The molecule has 1 heterocycles. The van der Waals surface area contributed by atoms with Crippen molar-refractivity contribution < 1.29 is 4.79 Å². The summed E-state index contributed by atoms with van der Waals surface area (Å²) in [5, 5.41) is 13.2. The van der Waals surface area contributed by atoms with Crippen molar-refractivity contribution in [2.24, 2.45) is 11.3 Å². The summed E-state index contributed by atoms with van der Waals surface area (Å²) in [6.07, 6.45) is 3.68. The van der Waals surface area contributed by atoms with Gasteiger partial charge in [-0.3, -0.25) is 4.79 Å². The highest BCUT2D eigenvalue weighted by Crippen LogP contribution is 2.38. The van der Waals surface area contributed by atoms with E-state index in [9.17, 15) is 10.1 Å². The topological polar surface area (TPSA) is 65.8 Å². The number of anilines is 1. The number of nitrogens with zero attached hydrogens (tertiary/aromatic N) is 2. The van der Waals surface area contributed by atoms with Gasteiger partial charge in [0.15, 0.2) is 0 Å². The summed E-state index contributed by atoms with van der Waals surface area (Å²) in [6.45, 7) is 12.9. The van der Waals surface area contributed by atoms with Gasteiger partial charge in [0.25, 0.3) is 0 Å². The number of nitriles is 1. The summed E-state index contributed by atoms with van der Waals surface area (Å²) < 4.78 is 0. The molecule has 0 fully saturated rings. The zero-order chi connectivity index (χ0) is 22.8. The Kier molecular flexibility index (Phi) is 7.11. The molecule has 1 aromatic carbocycles. The predicted molar refractivity (Wildman–Crippen MR) is 128 cm³/mol. The van der Waals surface area contributed by atoms with Crippen molar-refractivity contribution in [1.29, 1.82) is 5.26 Å². The van der Waals surface area contributed by atoms with Crippen LogP contribution in [-0.2, 0) is 17.6 Å². The molecule has 0 spiro atoms. The van der Waals surface area contributed by atoms with Gasteiger partial charge in [-0.15, -0.1) is 0 Å². The molecule has 0 saturated carbocycles. The molecule has 1 N–H and O–H groups in total. The number of hydrogen-bond acceptors (Lipinski definition) is 4. The minimum Gasteiger partial charge on any atom is -0.325 e. The average Bonchev–Trinajstić information content (AvgIpc) is 2.72. The quantitative estimate of drug-likeness (QED) is 0.565. The highest BCUT2D eigenvalue weighted by molar-refractivity contribution is 8.00. The second-order valence-corrected chi connectivity index (χ2v) is 10.9. The molecule has 2 unspecified atom stereocenters. The summed E-state index contributed by atoms with van der Waals surface area (Å²) in [4.78, 5) is 17.8. The lowest BCUT2D eigenvalue weighted by molar-refractivity contribution is -0.115. The average molecular weight is 436 g/mol. The maximum atomic E-state index is 12.9. The second kappa shape index (κ2) is 9.44. The number of carbonyl (C=O) groups is 1. The molecule has 0 radical (unpaired) electrons. The van der Waals surface area contributed by atoms with Gasteiger partial charge in [-0.1, -0.05) is 45.5 Å².